The molecule has 23 heavy (non-hydrogen) atoms. The molecule has 1 aliphatic heterocycles. The SMILES string of the molecule is CCC(C(=O)N1C(C(=O)O)CC2CCCCC21)c1ccccc1. The summed E-state index contributed by atoms with van der Waals surface area (Å²) in [5.74, 6) is -0.725. The molecule has 1 N–H and O–H groups in total. The van der Waals surface area contributed by atoms with Gasteiger partial charge in [-0.3, -0.25) is 4.79 Å². The molecule has 1 saturated carbocycles. The molecule has 2 fully saturated rings. The number of amides is 1. The summed E-state index contributed by atoms with van der Waals surface area (Å²) in [5.41, 5.74) is 0.989. The van der Waals surface area contributed by atoms with Gasteiger partial charge in [0.25, 0.3) is 0 Å². The highest BCUT2D eigenvalue weighted by molar-refractivity contribution is 5.89. The molecule has 3 rings (SSSR count). The van der Waals surface area contributed by atoms with Crippen LogP contribution in [0, 0.1) is 5.92 Å². The predicted molar refractivity (Wildman–Crippen MR) is 88.1 cm³/mol. The number of carbonyl (C=O) groups is 2. The zero-order valence-corrected chi connectivity index (χ0v) is 13.6. The number of carboxylic acids is 1. The van der Waals surface area contributed by atoms with Crippen LogP contribution in [0.4, 0.5) is 0 Å². The Morgan fingerprint density at radius 2 is 1.91 bits per heavy atom. The van der Waals surface area contributed by atoms with Gasteiger partial charge in [-0.05, 0) is 37.2 Å². The Morgan fingerprint density at radius 1 is 1.22 bits per heavy atom. The molecule has 4 nitrogen and oxygen atoms in total. The van der Waals surface area contributed by atoms with E-state index in [1.807, 2.05) is 37.3 Å². The van der Waals surface area contributed by atoms with Gasteiger partial charge in [-0.1, -0.05) is 50.1 Å². The van der Waals surface area contributed by atoms with Gasteiger partial charge in [0.2, 0.25) is 5.91 Å². The molecule has 124 valence electrons. The van der Waals surface area contributed by atoms with Gasteiger partial charge >= 0.3 is 5.97 Å². The number of fused-ring (bicyclic) bond motifs is 1. The Hall–Kier alpha value is -1.84. The summed E-state index contributed by atoms with van der Waals surface area (Å²) in [4.78, 5) is 26.7. The highest BCUT2D eigenvalue weighted by atomic mass is 16.4. The van der Waals surface area contributed by atoms with E-state index in [-0.39, 0.29) is 17.9 Å². The van der Waals surface area contributed by atoms with Gasteiger partial charge in [0.15, 0.2) is 0 Å². The lowest BCUT2D eigenvalue weighted by Crippen LogP contribution is -2.48. The minimum atomic E-state index is -0.851. The third-order valence-corrected chi connectivity index (χ3v) is 5.54. The van der Waals surface area contributed by atoms with Gasteiger partial charge in [-0.2, -0.15) is 0 Å². The van der Waals surface area contributed by atoms with Gasteiger partial charge in [-0.25, -0.2) is 4.79 Å². The van der Waals surface area contributed by atoms with E-state index in [4.69, 9.17) is 0 Å². The molecule has 1 aromatic carbocycles. The zero-order valence-electron chi connectivity index (χ0n) is 13.6. The average Bonchev–Trinajstić information content (AvgIpc) is 2.96. The number of likely N-dealkylation sites (tertiary alicyclic amines) is 1. The van der Waals surface area contributed by atoms with Crippen molar-refractivity contribution >= 4 is 11.9 Å². The van der Waals surface area contributed by atoms with E-state index in [0.29, 0.717) is 18.8 Å². The van der Waals surface area contributed by atoms with E-state index < -0.39 is 12.0 Å². The molecular weight excluding hydrogens is 290 g/mol. The van der Waals surface area contributed by atoms with Gasteiger partial charge in [-0.15, -0.1) is 0 Å². The maximum atomic E-state index is 13.2. The van der Waals surface area contributed by atoms with Crippen LogP contribution >= 0.6 is 0 Å². The summed E-state index contributed by atoms with van der Waals surface area (Å²) in [5, 5.41) is 9.61. The zero-order chi connectivity index (χ0) is 16.4. The van der Waals surface area contributed by atoms with E-state index in [2.05, 4.69) is 0 Å². The number of hydrogen-bond donors (Lipinski definition) is 1. The first-order valence-corrected chi connectivity index (χ1v) is 8.73. The molecule has 1 aromatic rings. The second-order valence-electron chi connectivity index (χ2n) is 6.82. The Labute approximate surface area is 137 Å². The van der Waals surface area contributed by atoms with Gasteiger partial charge in [0, 0.05) is 6.04 Å². The third-order valence-electron chi connectivity index (χ3n) is 5.54. The molecule has 4 unspecified atom stereocenters. The number of hydrogen-bond acceptors (Lipinski definition) is 2. The largest absolute Gasteiger partial charge is 0.480 e. The van der Waals surface area contributed by atoms with Crippen molar-refractivity contribution in [2.24, 2.45) is 5.92 Å². The van der Waals surface area contributed by atoms with E-state index in [1.54, 1.807) is 4.90 Å². The average molecular weight is 315 g/mol. The quantitative estimate of drug-likeness (QED) is 0.926. The van der Waals surface area contributed by atoms with Crippen LogP contribution < -0.4 is 0 Å². The minimum absolute atomic E-state index is 0.000463. The molecule has 2 aliphatic rings. The second-order valence-corrected chi connectivity index (χ2v) is 6.82. The van der Waals surface area contributed by atoms with Crippen molar-refractivity contribution in [2.45, 2.75) is 63.5 Å². The van der Waals surface area contributed by atoms with Gasteiger partial charge in [0.1, 0.15) is 6.04 Å². The Morgan fingerprint density at radius 3 is 2.57 bits per heavy atom. The lowest BCUT2D eigenvalue weighted by atomic mass is 9.84. The van der Waals surface area contributed by atoms with Crippen LogP contribution in [0.15, 0.2) is 30.3 Å². The van der Waals surface area contributed by atoms with Crippen molar-refractivity contribution < 1.29 is 14.7 Å². The predicted octanol–water partition coefficient (Wildman–Crippen LogP) is 3.42. The summed E-state index contributed by atoms with van der Waals surface area (Å²) < 4.78 is 0. The summed E-state index contributed by atoms with van der Waals surface area (Å²) in [6.45, 7) is 2.00. The summed E-state index contributed by atoms with van der Waals surface area (Å²) >= 11 is 0. The molecule has 0 radical (unpaired) electrons. The topological polar surface area (TPSA) is 57.6 Å². The van der Waals surface area contributed by atoms with Crippen LogP contribution in [0.25, 0.3) is 0 Å². The molecule has 1 heterocycles. The van der Waals surface area contributed by atoms with Crippen molar-refractivity contribution in [3.63, 3.8) is 0 Å². The molecule has 0 bridgehead atoms. The minimum Gasteiger partial charge on any atom is -0.480 e. The van der Waals surface area contributed by atoms with E-state index in [1.165, 1.54) is 0 Å². The summed E-state index contributed by atoms with van der Waals surface area (Å²) in [6.07, 6.45) is 5.58. The van der Waals surface area contributed by atoms with Crippen LogP contribution in [0.3, 0.4) is 0 Å². The van der Waals surface area contributed by atoms with Crippen molar-refractivity contribution in [3.8, 4) is 0 Å². The van der Waals surface area contributed by atoms with Gasteiger partial charge in [0.05, 0.1) is 5.92 Å². The number of aliphatic carboxylic acids is 1. The molecule has 4 heteroatoms. The molecule has 1 saturated heterocycles. The van der Waals surface area contributed by atoms with Crippen molar-refractivity contribution in [2.75, 3.05) is 0 Å². The number of nitrogens with zero attached hydrogens (tertiary/aromatic N) is 1. The van der Waals surface area contributed by atoms with Crippen LogP contribution in [0.5, 0.6) is 0 Å². The van der Waals surface area contributed by atoms with E-state index >= 15 is 0 Å². The lowest BCUT2D eigenvalue weighted by Gasteiger charge is -2.35. The molecule has 1 aliphatic carbocycles. The monoisotopic (exact) mass is 315 g/mol. The number of benzene rings is 1. The highest BCUT2D eigenvalue weighted by Gasteiger charge is 2.48. The normalized spacial score (nSPS) is 28.2. The summed E-state index contributed by atoms with van der Waals surface area (Å²) in [6, 6.07) is 9.23. The fraction of sp³-hybridized carbons (Fsp3) is 0.579. The standard InChI is InChI=1S/C19H25NO3/c1-2-15(13-8-4-3-5-9-13)18(21)20-16-11-7-6-10-14(16)12-17(20)19(22)23/h3-5,8-9,14-17H,2,6-7,10-12H2,1H3,(H,22,23). The number of carbonyl (C=O) groups excluding carboxylic acids is 1. The smallest absolute Gasteiger partial charge is 0.326 e. The molecular formula is C19H25NO3. The lowest BCUT2D eigenvalue weighted by molar-refractivity contribution is -0.150. The fourth-order valence-corrected chi connectivity index (χ4v) is 4.42. The third kappa shape index (κ3) is 2.99. The molecule has 1 amide bonds. The first-order valence-electron chi connectivity index (χ1n) is 8.73. The maximum absolute atomic E-state index is 13.2. The van der Waals surface area contributed by atoms with Crippen molar-refractivity contribution in [1.29, 1.82) is 0 Å². The van der Waals surface area contributed by atoms with E-state index in [0.717, 1.165) is 31.2 Å². The van der Waals surface area contributed by atoms with Crippen LogP contribution in [-0.2, 0) is 9.59 Å². The Kier molecular flexibility index (Phi) is 4.69. The van der Waals surface area contributed by atoms with Crippen LogP contribution in [-0.4, -0.2) is 34.0 Å². The van der Waals surface area contributed by atoms with Crippen molar-refractivity contribution in [3.05, 3.63) is 35.9 Å². The number of rotatable bonds is 4. The number of carboxylic acid groups (broad SMARTS) is 1. The van der Waals surface area contributed by atoms with Gasteiger partial charge < -0.3 is 10.0 Å². The highest BCUT2D eigenvalue weighted by Crippen LogP contribution is 2.41. The summed E-state index contributed by atoms with van der Waals surface area (Å²) in [7, 11) is 0. The van der Waals surface area contributed by atoms with E-state index in [9.17, 15) is 14.7 Å². The fourth-order valence-electron chi connectivity index (χ4n) is 4.42. The Balaban J connectivity index is 1.89. The molecule has 0 aromatic heterocycles. The first kappa shape index (κ1) is 16.0. The molecule has 0 spiro atoms. The Bertz CT molecular complexity index is 571. The van der Waals surface area contributed by atoms with Crippen molar-refractivity contribution in [1.82, 2.24) is 4.90 Å². The molecule has 4 atom stereocenters. The first-order chi connectivity index (χ1) is 11.1. The van der Waals surface area contributed by atoms with Crippen LogP contribution in [0.2, 0.25) is 0 Å². The maximum Gasteiger partial charge on any atom is 0.326 e. The van der Waals surface area contributed by atoms with Crippen LogP contribution in [0.1, 0.15) is 56.9 Å². The second kappa shape index (κ2) is 6.73.